The SMILES string of the molecule is CN(C)C(Cl)COc1ccc(Cc2nccn2C)cc1OCC(Cl)N(C)C. The highest BCUT2D eigenvalue weighted by Gasteiger charge is 2.15. The van der Waals surface area contributed by atoms with Gasteiger partial charge in [-0.2, -0.15) is 0 Å². The number of benzene rings is 1. The van der Waals surface area contributed by atoms with E-state index in [0.29, 0.717) is 31.1 Å². The van der Waals surface area contributed by atoms with Gasteiger partial charge in [-0.05, 0) is 45.9 Å². The zero-order chi connectivity index (χ0) is 20.0. The van der Waals surface area contributed by atoms with Crippen molar-refractivity contribution in [1.29, 1.82) is 0 Å². The van der Waals surface area contributed by atoms with E-state index in [-0.39, 0.29) is 11.0 Å². The van der Waals surface area contributed by atoms with Crippen LogP contribution in [-0.4, -0.2) is 71.8 Å². The number of halogens is 2. The third kappa shape index (κ3) is 6.57. The number of hydrogen-bond donors (Lipinski definition) is 0. The van der Waals surface area contributed by atoms with Gasteiger partial charge in [0.05, 0.1) is 0 Å². The van der Waals surface area contributed by atoms with E-state index in [0.717, 1.165) is 11.4 Å². The van der Waals surface area contributed by atoms with Gasteiger partial charge in [0.2, 0.25) is 0 Å². The van der Waals surface area contributed by atoms with E-state index in [1.54, 1.807) is 6.20 Å². The Labute approximate surface area is 171 Å². The molecule has 2 atom stereocenters. The van der Waals surface area contributed by atoms with Crippen LogP contribution in [0.5, 0.6) is 11.5 Å². The average Bonchev–Trinajstić information content (AvgIpc) is 3.02. The average molecular weight is 415 g/mol. The van der Waals surface area contributed by atoms with Gasteiger partial charge in [-0.25, -0.2) is 4.98 Å². The van der Waals surface area contributed by atoms with Crippen LogP contribution in [-0.2, 0) is 13.5 Å². The molecule has 1 heterocycles. The van der Waals surface area contributed by atoms with Gasteiger partial charge in [0.25, 0.3) is 0 Å². The topological polar surface area (TPSA) is 42.8 Å². The summed E-state index contributed by atoms with van der Waals surface area (Å²) in [6.07, 6.45) is 4.43. The number of aromatic nitrogens is 2. The van der Waals surface area contributed by atoms with Gasteiger partial charge >= 0.3 is 0 Å². The van der Waals surface area contributed by atoms with Crippen molar-refractivity contribution in [3.63, 3.8) is 0 Å². The van der Waals surface area contributed by atoms with Crippen molar-refractivity contribution in [2.24, 2.45) is 7.05 Å². The van der Waals surface area contributed by atoms with Gasteiger partial charge in [-0.3, -0.25) is 9.80 Å². The number of ether oxygens (including phenoxy) is 2. The fourth-order valence-electron chi connectivity index (χ4n) is 2.26. The van der Waals surface area contributed by atoms with E-state index >= 15 is 0 Å². The molecule has 8 heteroatoms. The molecule has 2 rings (SSSR count). The number of hydrogen-bond acceptors (Lipinski definition) is 5. The zero-order valence-electron chi connectivity index (χ0n) is 16.5. The smallest absolute Gasteiger partial charge is 0.161 e. The minimum Gasteiger partial charge on any atom is -0.487 e. The molecule has 0 spiro atoms. The fraction of sp³-hybridized carbons (Fsp3) is 0.526. The highest BCUT2D eigenvalue weighted by Crippen LogP contribution is 2.30. The lowest BCUT2D eigenvalue weighted by atomic mass is 10.1. The normalized spacial score (nSPS) is 13.8. The minimum absolute atomic E-state index is 0.229. The Balaban J connectivity index is 2.16. The number of nitrogens with zero attached hydrogens (tertiary/aromatic N) is 4. The van der Waals surface area contributed by atoms with Crippen molar-refractivity contribution in [2.45, 2.75) is 17.4 Å². The highest BCUT2D eigenvalue weighted by molar-refractivity contribution is 6.20. The fourth-order valence-corrected chi connectivity index (χ4v) is 2.39. The number of imidazole rings is 1. The van der Waals surface area contributed by atoms with E-state index < -0.39 is 0 Å². The number of rotatable bonds is 10. The van der Waals surface area contributed by atoms with Gasteiger partial charge in [0.1, 0.15) is 30.0 Å². The Kier molecular flexibility index (Phi) is 8.23. The summed E-state index contributed by atoms with van der Waals surface area (Å²) in [4.78, 5) is 8.16. The molecule has 0 fully saturated rings. The zero-order valence-corrected chi connectivity index (χ0v) is 18.0. The summed E-state index contributed by atoms with van der Waals surface area (Å²) in [5.74, 6) is 2.28. The van der Waals surface area contributed by atoms with Crippen molar-refractivity contribution in [3.8, 4) is 11.5 Å². The Morgan fingerprint density at radius 2 is 1.59 bits per heavy atom. The van der Waals surface area contributed by atoms with Crippen molar-refractivity contribution < 1.29 is 9.47 Å². The molecule has 2 aromatic rings. The standard InChI is InChI=1S/C19H28Cl2N4O2/c1-23(2)17(20)12-26-15-7-6-14(11-19-22-8-9-25(19)5)10-16(15)27-13-18(21)24(3)4/h6-10,17-18H,11-13H2,1-5H3. The molecule has 150 valence electrons. The van der Waals surface area contributed by atoms with Crippen molar-refractivity contribution in [1.82, 2.24) is 19.4 Å². The summed E-state index contributed by atoms with van der Waals surface area (Å²) < 4.78 is 13.9. The molecule has 0 saturated heterocycles. The van der Waals surface area contributed by atoms with Gasteiger partial charge in [-0.1, -0.05) is 6.07 Å². The maximum absolute atomic E-state index is 6.28. The first-order valence-electron chi connectivity index (χ1n) is 8.73. The summed E-state index contributed by atoms with van der Waals surface area (Å²) in [6, 6.07) is 5.90. The molecule has 0 aliphatic heterocycles. The number of alkyl halides is 2. The minimum atomic E-state index is -0.237. The van der Waals surface area contributed by atoms with Crippen LogP contribution in [0.4, 0.5) is 0 Å². The second-order valence-electron chi connectivity index (χ2n) is 6.83. The third-order valence-corrected chi connectivity index (χ3v) is 5.20. The molecule has 0 aliphatic rings. The molecular formula is C19H28Cl2N4O2. The monoisotopic (exact) mass is 414 g/mol. The van der Waals surface area contributed by atoms with Crippen LogP contribution in [0.15, 0.2) is 30.6 Å². The van der Waals surface area contributed by atoms with Crippen LogP contribution >= 0.6 is 23.2 Å². The molecule has 0 saturated carbocycles. The maximum atomic E-state index is 6.28. The van der Waals surface area contributed by atoms with Crippen molar-refractivity contribution in [2.75, 3.05) is 41.4 Å². The molecule has 0 aliphatic carbocycles. The van der Waals surface area contributed by atoms with E-state index in [1.165, 1.54) is 0 Å². The molecule has 27 heavy (non-hydrogen) atoms. The van der Waals surface area contributed by atoms with E-state index in [4.69, 9.17) is 32.7 Å². The predicted molar refractivity (Wildman–Crippen MR) is 110 cm³/mol. The summed E-state index contributed by atoms with van der Waals surface area (Å²) in [6.45, 7) is 0.691. The molecule has 1 aromatic heterocycles. The van der Waals surface area contributed by atoms with Crippen LogP contribution in [0.1, 0.15) is 11.4 Å². The largest absolute Gasteiger partial charge is 0.487 e. The molecule has 0 bridgehead atoms. The van der Waals surface area contributed by atoms with Gasteiger partial charge in [0.15, 0.2) is 11.5 Å². The van der Waals surface area contributed by atoms with Crippen LogP contribution in [0, 0.1) is 0 Å². The highest BCUT2D eigenvalue weighted by atomic mass is 35.5. The molecule has 1 aromatic carbocycles. The molecule has 0 N–H and O–H groups in total. The number of likely N-dealkylation sites (N-methyl/N-ethyl adjacent to an activating group) is 2. The second-order valence-corrected chi connectivity index (χ2v) is 7.84. The molecular weight excluding hydrogens is 387 g/mol. The quantitative estimate of drug-likeness (QED) is 0.441. The maximum Gasteiger partial charge on any atom is 0.161 e. The van der Waals surface area contributed by atoms with Crippen LogP contribution in [0.3, 0.4) is 0 Å². The molecule has 2 unspecified atom stereocenters. The summed E-state index contributed by atoms with van der Waals surface area (Å²) in [5.41, 5.74) is 0.615. The van der Waals surface area contributed by atoms with Crippen LogP contribution in [0.25, 0.3) is 0 Å². The Hall–Kier alpha value is -1.47. The lowest BCUT2D eigenvalue weighted by Crippen LogP contribution is -2.29. The Morgan fingerprint density at radius 1 is 1.00 bits per heavy atom. The molecule has 6 nitrogen and oxygen atoms in total. The second kappa shape index (κ2) is 10.2. The summed E-state index contributed by atoms with van der Waals surface area (Å²) >= 11 is 12.5. The third-order valence-electron chi connectivity index (χ3n) is 4.16. The summed E-state index contributed by atoms with van der Waals surface area (Å²) in [5, 5.41) is 0. The Bertz CT molecular complexity index is 721. The number of aryl methyl sites for hydroxylation is 1. The lowest BCUT2D eigenvalue weighted by Gasteiger charge is -2.21. The molecule has 0 radical (unpaired) electrons. The summed E-state index contributed by atoms with van der Waals surface area (Å²) in [7, 11) is 9.61. The first-order chi connectivity index (χ1) is 12.8. The first kappa shape index (κ1) is 21.8. The van der Waals surface area contributed by atoms with Crippen LogP contribution < -0.4 is 9.47 Å². The van der Waals surface area contributed by atoms with Crippen molar-refractivity contribution >= 4 is 23.2 Å². The predicted octanol–water partition coefficient (Wildman–Crippen LogP) is 3.02. The first-order valence-corrected chi connectivity index (χ1v) is 9.61. The lowest BCUT2D eigenvalue weighted by molar-refractivity contribution is 0.206. The Morgan fingerprint density at radius 3 is 2.11 bits per heavy atom. The van der Waals surface area contributed by atoms with Crippen LogP contribution in [0.2, 0.25) is 0 Å². The van der Waals surface area contributed by atoms with Gasteiger partial charge < -0.3 is 14.0 Å². The van der Waals surface area contributed by atoms with Crippen molar-refractivity contribution in [3.05, 3.63) is 42.0 Å². The van der Waals surface area contributed by atoms with Gasteiger partial charge in [0, 0.05) is 25.9 Å². The van der Waals surface area contributed by atoms with Gasteiger partial charge in [-0.15, -0.1) is 23.2 Å². The van der Waals surface area contributed by atoms with E-state index in [1.807, 2.05) is 74.0 Å². The van der Waals surface area contributed by atoms with E-state index in [2.05, 4.69) is 4.98 Å². The molecule has 0 amide bonds. The van der Waals surface area contributed by atoms with E-state index in [9.17, 15) is 0 Å².